The summed E-state index contributed by atoms with van der Waals surface area (Å²) in [6, 6.07) is 10.5. The zero-order valence-corrected chi connectivity index (χ0v) is 8.29. The Balaban J connectivity index is 2.31. The van der Waals surface area contributed by atoms with Gasteiger partial charge in [-0.05, 0) is 18.2 Å². The van der Waals surface area contributed by atoms with Crippen LogP contribution in [0.2, 0.25) is 0 Å². The van der Waals surface area contributed by atoms with Gasteiger partial charge in [0.1, 0.15) is 5.69 Å². The van der Waals surface area contributed by atoms with Crippen molar-refractivity contribution in [2.75, 3.05) is 0 Å². The van der Waals surface area contributed by atoms with E-state index in [-0.39, 0.29) is 5.69 Å². The van der Waals surface area contributed by atoms with Gasteiger partial charge in [0.15, 0.2) is 0 Å². The third-order valence-corrected chi connectivity index (χ3v) is 1.94. The van der Waals surface area contributed by atoms with Crippen LogP contribution >= 0.6 is 0 Å². The van der Waals surface area contributed by atoms with Crippen LogP contribution in [0.5, 0.6) is 5.75 Å². The van der Waals surface area contributed by atoms with Crippen molar-refractivity contribution in [3.8, 4) is 5.75 Å². The number of rotatable bonds is 2. The lowest BCUT2D eigenvalue weighted by Crippen LogP contribution is -2.02. The van der Waals surface area contributed by atoms with E-state index in [1.807, 2.05) is 18.2 Å². The third-order valence-electron chi connectivity index (χ3n) is 1.94. The molecule has 0 spiro atoms. The Morgan fingerprint density at radius 2 is 1.81 bits per heavy atom. The molecule has 1 heterocycles. The summed E-state index contributed by atoms with van der Waals surface area (Å²) in [5.74, 6) is -0.429. The second-order valence-corrected chi connectivity index (χ2v) is 3.08. The van der Waals surface area contributed by atoms with E-state index in [1.165, 1.54) is 12.3 Å². The maximum absolute atomic E-state index is 11.0. The summed E-state index contributed by atoms with van der Waals surface area (Å²) in [7, 11) is 0. The Bertz CT molecular complexity index is 561. The second kappa shape index (κ2) is 4.39. The topological polar surface area (TPSA) is 77.8 Å². The minimum atomic E-state index is -0.579. The summed E-state index contributed by atoms with van der Waals surface area (Å²) >= 11 is 0. The molecule has 0 bridgehead atoms. The molecule has 2 rings (SSSR count). The van der Waals surface area contributed by atoms with Crippen molar-refractivity contribution >= 4 is 11.4 Å². The van der Waals surface area contributed by atoms with E-state index in [2.05, 4.69) is 15.2 Å². The summed E-state index contributed by atoms with van der Waals surface area (Å²) in [6.45, 7) is 0. The van der Waals surface area contributed by atoms with Crippen LogP contribution in [0.15, 0.2) is 57.6 Å². The van der Waals surface area contributed by atoms with Gasteiger partial charge in [-0.15, -0.1) is 5.11 Å². The minimum Gasteiger partial charge on any atom is -0.501 e. The molecule has 0 aliphatic carbocycles. The smallest absolute Gasteiger partial charge is 0.292 e. The van der Waals surface area contributed by atoms with Crippen LogP contribution < -0.4 is 5.56 Å². The van der Waals surface area contributed by atoms with Crippen LogP contribution in [-0.2, 0) is 0 Å². The first-order valence-corrected chi connectivity index (χ1v) is 4.65. The van der Waals surface area contributed by atoms with Crippen molar-refractivity contribution < 1.29 is 5.11 Å². The number of aromatic nitrogens is 1. The molecule has 0 fully saturated rings. The Kier molecular flexibility index (Phi) is 2.77. The van der Waals surface area contributed by atoms with E-state index in [4.69, 9.17) is 0 Å². The molecule has 2 N–H and O–H groups in total. The van der Waals surface area contributed by atoms with Crippen LogP contribution in [0.25, 0.3) is 0 Å². The number of H-pyrrole nitrogens is 1. The van der Waals surface area contributed by atoms with Gasteiger partial charge < -0.3 is 10.1 Å². The van der Waals surface area contributed by atoms with Crippen molar-refractivity contribution in [1.29, 1.82) is 0 Å². The maximum Gasteiger partial charge on any atom is 0.292 e. The summed E-state index contributed by atoms with van der Waals surface area (Å²) in [5.41, 5.74) is 0.222. The predicted octanol–water partition coefficient (Wildman–Crippen LogP) is 2.50. The maximum atomic E-state index is 11.0. The van der Waals surface area contributed by atoms with Crippen LogP contribution in [-0.4, -0.2) is 10.1 Å². The molecule has 0 radical (unpaired) electrons. The Morgan fingerprint density at radius 1 is 1.06 bits per heavy atom. The fourth-order valence-corrected chi connectivity index (χ4v) is 1.15. The number of hydrogen-bond donors (Lipinski definition) is 2. The lowest BCUT2D eigenvalue weighted by molar-refractivity contribution is 0.468. The van der Waals surface area contributed by atoms with Crippen LogP contribution in [0.4, 0.5) is 11.4 Å². The van der Waals surface area contributed by atoms with Gasteiger partial charge in [0, 0.05) is 6.20 Å². The number of benzene rings is 1. The van der Waals surface area contributed by atoms with Crippen LogP contribution in [0.1, 0.15) is 0 Å². The number of aromatic hydroxyl groups is 1. The first-order valence-electron chi connectivity index (χ1n) is 4.65. The van der Waals surface area contributed by atoms with Crippen molar-refractivity contribution in [3.63, 3.8) is 0 Å². The Hall–Kier alpha value is -2.43. The molecular weight excluding hydrogens is 206 g/mol. The average molecular weight is 215 g/mol. The van der Waals surface area contributed by atoms with Gasteiger partial charge in [-0.25, -0.2) is 0 Å². The van der Waals surface area contributed by atoms with Crippen LogP contribution in [0, 0.1) is 0 Å². The van der Waals surface area contributed by atoms with E-state index >= 15 is 0 Å². The molecule has 0 amide bonds. The first kappa shape index (κ1) is 10.1. The molecule has 2 aromatic rings. The zero-order chi connectivity index (χ0) is 11.4. The van der Waals surface area contributed by atoms with E-state index in [9.17, 15) is 9.90 Å². The number of hydrogen-bond acceptors (Lipinski definition) is 4. The molecule has 80 valence electrons. The lowest BCUT2D eigenvalue weighted by atomic mass is 10.3. The SMILES string of the molecule is O=c1[nH]ccc(N=Nc2ccccc2)c1O. The van der Waals surface area contributed by atoms with Crippen molar-refractivity contribution in [2.45, 2.75) is 0 Å². The average Bonchev–Trinajstić information content (AvgIpc) is 2.32. The van der Waals surface area contributed by atoms with Gasteiger partial charge in [0.05, 0.1) is 5.69 Å². The highest BCUT2D eigenvalue weighted by atomic mass is 16.3. The molecule has 0 saturated heterocycles. The van der Waals surface area contributed by atoms with Gasteiger partial charge >= 0.3 is 0 Å². The van der Waals surface area contributed by atoms with Crippen molar-refractivity contribution in [2.24, 2.45) is 10.2 Å². The highest BCUT2D eigenvalue weighted by Gasteiger charge is 2.02. The molecule has 1 aromatic heterocycles. The van der Waals surface area contributed by atoms with Crippen molar-refractivity contribution in [1.82, 2.24) is 4.98 Å². The quantitative estimate of drug-likeness (QED) is 0.755. The van der Waals surface area contributed by atoms with Gasteiger partial charge in [-0.3, -0.25) is 4.79 Å². The molecule has 0 saturated carbocycles. The Labute approximate surface area is 91.1 Å². The molecular formula is C11H9N3O2. The third kappa shape index (κ3) is 2.14. The predicted molar refractivity (Wildman–Crippen MR) is 59.3 cm³/mol. The van der Waals surface area contributed by atoms with E-state index < -0.39 is 11.3 Å². The molecule has 5 nitrogen and oxygen atoms in total. The fraction of sp³-hybridized carbons (Fsp3) is 0. The Morgan fingerprint density at radius 3 is 2.56 bits per heavy atom. The highest BCUT2D eigenvalue weighted by Crippen LogP contribution is 2.23. The van der Waals surface area contributed by atoms with E-state index in [0.29, 0.717) is 5.69 Å². The first-order chi connectivity index (χ1) is 7.77. The lowest BCUT2D eigenvalue weighted by Gasteiger charge is -1.95. The van der Waals surface area contributed by atoms with Crippen molar-refractivity contribution in [3.05, 3.63) is 52.9 Å². The van der Waals surface area contributed by atoms with E-state index in [1.54, 1.807) is 12.1 Å². The standard InChI is InChI=1S/C11H9N3O2/c15-10-9(6-7-12-11(10)16)14-13-8-4-2-1-3-5-8/h1-7,15H,(H,12,16). The molecule has 0 atom stereocenters. The minimum absolute atomic E-state index is 0.146. The molecule has 1 aromatic carbocycles. The monoisotopic (exact) mass is 215 g/mol. The van der Waals surface area contributed by atoms with Gasteiger partial charge in [0.2, 0.25) is 5.75 Å². The summed E-state index contributed by atoms with van der Waals surface area (Å²) in [6.07, 6.45) is 1.40. The normalized spacial score (nSPS) is 10.8. The van der Waals surface area contributed by atoms with Gasteiger partial charge in [-0.1, -0.05) is 18.2 Å². The molecule has 0 aliphatic rings. The highest BCUT2D eigenvalue weighted by molar-refractivity contribution is 5.48. The molecule has 0 aliphatic heterocycles. The zero-order valence-electron chi connectivity index (χ0n) is 8.29. The van der Waals surface area contributed by atoms with Gasteiger partial charge in [0.25, 0.3) is 5.56 Å². The van der Waals surface area contributed by atoms with Crippen LogP contribution in [0.3, 0.4) is 0 Å². The summed E-state index contributed by atoms with van der Waals surface area (Å²) in [4.78, 5) is 13.4. The summed E-state index contributed by atoms with van der Waals surface area (Å²) in [5, 5.41) is 17.1. The molecule has 0 unspecified atom stereocenters. The van der Waals surface area contributed by atoms with Gasteiger partial charge in [-0.2, -0.15) is 5.11 Å². The van der Waals surface area contributed by atoms with E-state index in [0.717, 1.165) is 0 Å². The largest absolute Gasteiger partial charge is 0.501 e. The number of pyridine rings is 1. The number of nitrogens with zero attached hydrogens (tertiary/aromatic N) is 2. The molecule has 5 heteroatoms. The number of azo groups is 1. The number of nitrogens with one attached hydrogen (secondary N) is 1. The number of aromatic amines is 1. The second-order valence-electron chi connectivity index (χ2n) is 3.08. The molecule has 16 heavy (non-hydrogen) atoms. The fourth-order valence-electron chi connectivity index (χ4n) is 1.15. The summed E-state index contributed by atoms with van der Waals surface area (Å²) < 4.78 is 0.